The molecule has 1 unspecified atom stereocenters. The summed E-state index contributed by atoms with van der Waals surface area (Å²) in [5.41, 5.74) is 0. The number of amides is 3. The molecule has 1 aliphatic rings. The first-order chi connectivity index (χ1) is 9.38. The van der Waals surface area contributed by atoms with E-state index in [1.807, 2.05) is 13.8 Å². The lowest BCUT2D eigenvalue weighted by atomic mass is 9.95. The topological polar surface area (TPSA) is 98.7 Å². The molecule has 0 radical (unpaired) electrons. The Labute approximate surface area is 118 Å². The molecule has 3 amide bonds. The number of urea groups is 1. The van der Waals surface area contributed by atoms with Gasteiger partial charge in [-0.2, -0.15) is 0 Å². The van der Waals surface area contributed by atoms with E-state index in [1.54, 1.807) is 4.90 Å². The van der Waals surface area contributed by atoms with Crippen molar-refractivity contribution in [3.8, 4) is 0 Å². The third-order valence-electron chi connectivity index (χ3n) is 3.12. The zero-order valence-corrected chi connectivity index (χ0v) is 12.0. The van der Waals surface area contributed by atoms with Crippen LogP contribution in [0.5, 0.6) is 0 Å². The van der Waals surface area contributed by atoms with Crippen molar-refractivity contribution in [2.75, 3.05) is 19.6 Å². The van der Waals surface area contributed by atoms with Crippen LogP contribution in [0.3, 0.4) is 0 Å². The Morgan fingerprint density at radius 2 is 2.05 bits per heavy atom. The normalized spacial score (nSPS) is 18.8. The van der Waals surface area contributed by atoms with Gasteiger partial charge in [-0.25, -0.2) is 4.79 Å². The standard InChI is InChI=1S/C13H23N3O4/c1-9(2)15-11(17)7-14-13(20)16-5-3-4-10(8-16)6-12(18)19/h9-10H,3-8H2,1-2H3,(H,14,20)(H,15,17)(H,18,19). The molecule has 1 atom stereocenters. The largest absolute Gasteiger partial charge is 0.481 e. The van der Waals surface area contributed by atoms with Gasteiger partial charge in [-0.3, -0.25) is 9.59 Å². The number of rotatable bonds is 5. The summed E-state index contributed by atoms with van der Waals surface area (Å²) in [6.07, 6.45) is 1.70. The summed E-state index contributed by atoms with van der Waals surface area (Å²) in [4.78, 5) is 35.6. The van der Waals surface area contributed by atoms with Crippen molar-refractivity contribution in [3.63, 3.8) is 0 Å². The Balaban J connectivity index is 2.35. The molecule has 20 heavy (non-hydrogen) atoms. The number of aliphatic carboxylic acids is 1. The number of likely N-dealkylation sites (tertiary alicyclic amines) is 1. The molecule has 1 aliphatic heterocycles. The van der Waals surface area contributed by atoms with E-state index in [-0.39, 0.29) is 36.9 Å². The summed E-state index contributed by atoms with van der Waals surface area (Å²) >= 11 is 0. The monoisotopic (exact) mass is 285 g/mol. The molecule has 0 bridgehead atoms. The molecule has 7 heteroatoms. The number of carboxylic acid groups (broad SMARTS) is 1. The van der Waals surface area contributed by atoms with Gasteiger partial charge in [0.2, 0.25) is 5.91 Å². The van der Waals surface area contributed by atoms with Crippen molar-refractivity contribution in [1.82, 2.24) is 15.5 Å². The van der Waals surface area contributed by atoms with Crippen LogP contribution < -0.4 is 10.6 Å². The molecule has 0 aromatic rings. The summed E-state index contributed by atoms with van der Waals surface area (Å²) in [6, 6.07) is -0.270. The number of hydrogen-bond acceptors (Lipinski definition) is 3. The summed E-state index contributed by atoms with van der Waals surface area (Å²) in [7, 11) is 0. The van der Waals surface area contributed by atoms with Gasteiger partial charge in [0.05, 0.1) is 6.54 Å². The highest BCUT2D eigenvalue weighted by atomic mass is 16.4. The number of carbonyl (C=O) groups is 3. The van der Waals surface area contributed by atoms with Crippen LogP contribution in [0, 0.1) is 5.92 Å². The van der Waals surface area contributed by atoms with E-state index < -0.39 is 5.97 Å². The third-order valence-corrected chi connectivity index (χ3v) is 3.12. The molecule has 0 saturated carbocycles. The zero-order chi connectivity index (χ0) is 15.1. The Bertz CT molecular complexity index is 371. The summed E-state index contributed by atoms with van der Waals surface area (Å²) in [6.45, 7) is 4.68. The first-order valence-corrected chi connectivity index (χ1v) is 6.92. The highest BCUT2D eigenvalue weighted by molar-refractivity contribution is 5.84. The second-order valence-corrected chi connectivity index (χ2v) is 5.43. The fourth-order valence-electron chi connectivity index (χ4n) is 2.30. The van der Waals surface area contributed by atoms with Gasteiger partial charge in [0, 0.05) is 25.6 Å². The summed E-state index contributed by atoms with van der Waals surface area (Å²) < 4.78 is 0. The van der Waals surface area contributed by atoms with E-state index in [4.69, 9.17) is 5.11 Å². The predicted octanol–water partition coefficient (Wildman–Crippen LogP) is 0.407. The molecule has 0 spiro atoms. The fourth-order valence-corrected chi connectivity index (χ4v) is 2.30. The van der Waals surface area contributed by atoms with Crippen LogP contribution in [-0.2, 0) is 9.59 Å². The number of nitrogens with one attached hydrogen (secondary N) is 2. The van der Waals surface area contributed by atoms with Crippen LogP contribution in [0.4, 0.5) is 4.79 Å². The Kier molecular flexibility index (Phi) is 6.27. The van der Waals surface area contributed by atoms with Gasteiger partial charge >= 0.3 is 12.0 Å². The van der Waals surface area contributed by atoms with Gasteiger partial charge in [-0.1, -0.05) is 0 Å². The van der Waals surface area contributed by atoms with Crippen molar-refractivity contribution in [2.45, 2.75) is 39.2 Å². The Morgan fingerprint density at radius 1 is 1.35 bits per heavy atom. The molecular formula is C13H23N3O4. The van der Waals surface area contributed by atoms with Crippen molar-refractivity contribution in [3.05, 3.63) is 0 Å². The number of piperidine rings is 1. The van der Waals surface area contributed by atoms with Gasteiger partial charge in [0.25, 0.3) is 0 Å². The number of carboxylic acids is 1. The maximum Gasteiger partial charge on any atom is 0.317 e. The van der Waals surface area contributed by atoms with E-state index >= 15 is 0 Å². The number of nitrogens with zero attached hydrogens (tertiary/aromatic N) is 1. The molecule has 0 aliphatic carbocycles. The first kappa shape index (κ1) is 16.3. The van der Waals surface area contributed by atoms with E-state index in [1.165, 1.54) is 0 Å². The highest BCUT2D eigenvalue weighted by Gasteiger charge is 2.25. The minimum atomic E-state index is -0.839. The third kappa shape index (κ3) is 5.90. The minimum Gasteiger partial charge on any atom is -0.481 e. The Hall–Kier alpha value is -1.79. The predicted molar refractivity (Wildman–Crippen MR) is 73.2 cm³/mol. The van der Waals surface area contributed by atoms with E-state index in [9.17, 15) is 14.4 Å². The van der Waals surface area contributed by atoms with Crippen molar-refractivity contribution < 1.29 is 19.5 Å². The van der Waals surface area contributed by atoms with E-state index in [2.05, 4.69) is 10.6 Å². The lowest BCUT2D eigenvalue weighted by Crippen LogP contribution is -2.48. The van der Waals surface area contributed by atoms with Crippen molar-refractivity contribution >= 4 is 17.9 Å². The molecule has 1 fully saturated rings. The van der Waals surface area contributed by atoms with Crippen LogP contribution in [0.25, 0.3) is 0 Å². The van der Waals surface area contributed by atoms with Gasteiger partial charge in [0.15, 0.2) is 0 Å². The molecule has 1 heterocycles. The maximum absolute atomic E-state index is 11.9. The SMILES string of the molecule is CC(C)NC(=O)CNC(=O)N1CCCC(CC(=O)O)C1. The van der Waals surface area contributed by atoms with Crippen molar-refractivity contribution in [1.29, 1.82) is 0 Å². The van der Waals surface area contributed by atoms with Crippen molar-refractivity contribution in [2.24, 2.45) is 5.92 Å². The van der Waals surface area contributed by atoms with Crippen LogP contribution in [0.1, 0.15) is 33.1 Å². The highest BCUT2D eigenvalue weighted by Crippen LogP contribution is 2.19. The van der Waals surface area contributed by atoms with Crippen LogP contribution >= 0.6 is 0 Å². The van der Waals surface area contributed by atoms with Gasteiger partial charge in [-0.05, 0) is 32.6 Å². The van der Waals surface area contributed by atoms with E-state index in [0.29, 0.717) is 13.1 Å². The van der Waals surface area contributed by atoms with Crippen LogP contribution in [-0.4, -0.2) is 53.6 Å². The molecule has 0 aromatic heterocycles. The molecule has 1 rings (SSSR count). The van der Waals surface area contributed by atoms with Gasteiger partial charge < -0.3 is 20.6 Å². The maximum atomic E-state index is 11.9. The lowest BCUT2D eigenvalue weighted by molar-refractivity contribution is -0.138. The molecule has 114 valence electrons. The number of hydrogen-bond donors (Lipinski definition) is 3. The number of carbonyl (C=O) groups excluding carboxylic acids is 2. The molecular weight excluding hydrogens is 262 g/mol. The quantitative estimate of drug-likeness (QED) is 0.681. The first-order valence-electron chi connectivity index (χ1n) is 6.92. The minimum absolute atomic E-state index is 0.00325. The van der Waals surface area contributed by atoms with Gasteiger partial charge in [-0.15, -0.1) is 0 Å². The Morgan fingerprint density at radius 3 is 2.65 bits per heavy atom. The second kappa shape index (κ2) is 7.72. The van der Waals surface area contributed by atoms with Gasteiger partial charge in [0.1, 0.15) is 0 Å². The molecule has 3 N–H and O–H groups in total. The molecule has 1 saturated heterocycles. The lowest BCUT2D eigenvalue weighted by Gasteiger charge is -2.32. The smallest absolute Gasteiger partial charge is 0.317 e. The second-order valence-electron chi connectivity index (χ2n) is 5.43. The summed E-state index contributed by atoms with van der Waals surface area (Å²) in [5, 5.41) is 14.0. The van der Waals surface area contributed by atoms with E-state index in [0.717, 1.165) is 12.8 Å². The zero-order valence-electron chi connectivity index (χ0n) is 12.0. The average Bonchev–Trinajstić information content (AvgIpc) is 2.34. The fraction of sp³-hybridized carbons (Fsp3) is 0.769. The van der Waals surface area contributed by atoms with Crippen LogP contribution in [0.15, 0.2) is 0 Å². The molecule has 7 nitrogen and oxygen atoms in total. The summed E-state index contributed by atoms with van der Waals surface area (Å²) in [5.74, 6) is -1.07. The average molecular weight is 285 g/mol. The van der Waals surface area contributed by atoms with Crippen LogP contribution in [0.2, 0.25) is 0 Å². The molecule has 0 aromatic carbocycles.